The Morgan fingerprint density at radius 1 is 1.50 bits per heavy atom. The molecule has 0 saturated heterocycles. The predicted octanol–water partition coefficient (Wildman–Crippen LogP) is 1.73. The van der Waals surface area contributed by atoms with Crippen molar-refractivity contribution in [3.63, 3.8) is 0 Å². The van der Waals surface area contributed by atoms with Crippen LogP contribution in [0.1, 0.15) is 39.4 Å². The standard InChI is InChI=1S/C12H22N4/c1-9-5-12(2,3)6-10(9)13-7-11-14-8-15-16(11)4/h8-10,13H,5-7H2,1-4H3/t9-,10-/m1/s1. The Morgan fingerprint density at radius 2 is 2.25 bits per heavy atom. The van der Waals surface area contributed by atoms with Crippen molar-refractivity contribution in [2.45, 2.75) is 46.2 Å². The van der Waals surface area contributed by atoms with Crippen LogP contribution in [0, 0.1) is 11.3 Å². The smallest absolute Gasteiger partial charge is 0.140 e. The summed E-state index contributed by atoms with van der Waals surface area (Å²) < 4.78 is 1.83. The van der Waals surface area contributed by atoms with Crippen LogP contribution in [-0.4, -0.2) is 20.8 Å². The maximum absolute atomic E-state index is 4.23. The van der Waals surface area contributed by atoms with Gasteiger partial charge in [-0.25, -0.2) is 4.98 Å². The van der Waals surface area contributed by atoms with Crippen LogP contribution in [0.15, 0.2) is 6.33 Å². The summed E-state index contributed by atoms with van der Waals surface area (Å²) in [6.07, 6.45) is 4.18. The fourth-order valence-electron chi connectivity index (χ4n) is 2.87. The van der Waals surface area contributed by atoms with Crippen molar-refractivity contribution in [1.29, 1.82) is 0 Å². The van der Waals surface area contributed by atoms with Gasteiger partial charge in [-0.05, 0) is 24.2 Å². The Labute approximate surface area is 97.5 Å². The van der Waals surface area contributed by atoms with Crippen molar-refractivity contribution in [3.05, 3.63) is 12.2 Å². The second-order valence-corrected chi connectivity index (χ2v) is 5.84. The van der Waals surface area contributed by atoms with Gasteiger partial charge in [-0.15, -0.1) is 0 Å². The van der Waals surface area contributed by atoms with Crippen molar-refractivity contribution in [1.82, 2.24) is 20.1 Å². The Hall–Kier alpha value is -0.900. The first-order chi connectivity index (χ1) is 7.48. The minimum atomic E-state index is 0.483. The molecule has 16 heavy (non-hydrogen) atoms. The van der Waals surface area contributed by atoms with E-state index < -0.39 is 0 Å². The van der Waals surface area contributed by atoms with E-state index in [1.807, 2.05) is 11.7 Å². The molecular formula is C12H22N4. The summed E-state index contributed by atoms with van der Waals surface area (Å²) in [6.45, 7) is 7.87. The summed E-state index contributed by atoms with van der Waals surface area (Å²) in [5.41, 5.74) is 0.483. The molecule has 0 amide bonds. The Bertz CT molecular complexity index is 356. The summed E-state index contributed by atoms with van der Waals surface area (Å²) >= 11 is 0. The van der Waals surface area contributed by atoms with Crippen LogP contribution in [0.2, 0.25) is 0 Å². The molecule has 4 heteroatoms. The Kier molecular flexibility index (Phi) is 3.02. The molecule has 1 aromatic rings. The van der Waals surface area contributed by atoms with Gasteiger partial charge in [0.15, 0.2) is 0 Å². The third-order valence-electron chi connectivity index (χ3n) is 3.66. The number of aromatic nitrogens is 3. The van der Waals surface area contributed by atoms with Crippen molar-refractivity contribution >= 4 is 0 Å². The lowest BCUT2D eigenvalue weighted by atomic mass is 9.91. The summed E-state index contributed by atoms with van der Waals surface area (Å²) in [5.74, 6) is 1.76. The minimum absolute atomic E-state index is 0.483. The molecule has 1 aromatic heterocycles. The SMILES string of the molecule is C[C@@H]1CC(C)(C)C[C@H]1NCc1ncnn1C. The van der Waals surface area contributed by atoms with E-state index in [4.69, 9.17) is 0 Å². The number of nitrogens with zero attached hydrogens (tertiary/aromatic N) is 3. The van der Waals surface area contributed by atoms with Gasteiger partial charge < -0.3 is 5.32 Å². The molecular weight excluding hydrogens is 200 g/mol. The van der Waals surface area contributed by atoms with Gasteiger partial charge in [0.25, 0.3) is 0 Å². The van der Waals surface area contributed by atoms with E-state index in [0.717, 1.165) is 18.3 Å². The largest absolute Gasteiger partial charge is 0.307 e. The molecule has 0 aliphatic heterocycles. The van der Waals surface area contributed by atoms with Crippen molar-refractivity contribution in [3.8, 4) is 0 Å². The normalized spacial score (nSPS) is 28.5. The number of hydrogen-bond donors (Lipinski definition) is 1. The zero-order valence-corrected chi connectivity index (χ0v) is 10.7. The van der Waals surface area contributed by atoms with Crippen LogP contribution >= 0.6 is 0 Å². The average molecular weight is 222 g/mol. The van der Waals surface area contributed by atoms with E-state index in [2.05, 4.69) is 36.2 Å². The Balaban J connectivity index is 1.90. The van der Waals surface area contributed by atoms with Gasteiger partial charge in [0, 0.05) is 13.1 Å². The van der Waals surface area contributed by atoms with Gasteiger partial charge in [-0.1, -0.05) is 20.8 Å². The molecule has 0 spiro atoms. The van der Waals surface area contributed by atoms with E-state index in [-0.39, 0.29) is 0 Å². The van der Waals surface area contributed by atoms with Crippen LogP contribution in [0.5, 0.6) is 0 Å². The van der Waals surface area contributed by atoms with Gasteiger partial charge in [0.2, 0.25) is 0 Å². The minimum Gasteiger partial charge on any atom is -0.307 e. The highest BCUT2D eigenvalue weighted by atomic mass is 15.3. The second-order valence-electron chi connectivity index (χ2n) is 5.84. The maximum Gasteiger partial charge on any atom is 0.140 e. The molecule has 2 rings (SSSR count). The topological polar surface area (TPSA) is 42.7 Å². The van der Waals surface area contributed by atoms with Gasteiger partial charge in [-0.3, -0.25) is 4.68 Å². The molecule has 0 radical (unpaired) electrons. The first-order valence-electron chi connectivity index (χ1n) is 6.04. The monoisotopic (exact) mass is 222 g/mol. The number of hydrogen-bond acceptors (Lipinski definition) is 3. The molecule has 0 unspecified atom stereocenters. The number of rotatable bonds is 3. The van der Waals surface area contributed by atoms with Gasteiger partial charge in [-0.2, -0.15) is 5.10 Å². The van der Waals surface area contributed by atoms with Crippen molar-refractivity contribution in [2.24, 2.45) is 18.4 Å². The highest BCUT2D eigenvalue weighted by Gasteiger charge is 2.36. The van der Waals surface area contributed by atoms with Crippen LogP contribution in [-0.2, 0) is 13.6 Å². The van der Waals surface area contributed by atoms with Crippen LogP contribution in [0.4, 0.5) is 0 Å². The third kappa shape index (κ3) is 2.43. The molecule has 1 fully saturated rings. The first kappa shape index (κ1) is 11.6. The molecule has 1 aliphatic carbocycles. The van der Waals surface area contributed by atoms with Crippen molar-refractivity contribution in [2.75, 3.05) is 0 Å². The van der Waals surface area contributed by atoms with Crippen molar-refractivity contribution < 1.29 is 0 Å². The van der Waals surface area contributed by atoms with Gasteiger partial charge in [0.05, 0.1) is 6.54 Å². The second kappa shape index (κ2) is 4.17. The molecule has 2 atom stereocenters. The molecule has 0 aromatic carbocycles. The molecule has 1 heterocycles. The van der Waals surface area contributed by atoms with E-state index in [1.165, 1.54) is 12.8 Å². The summed E-state index contributed by atoms with van der Waals surface area (Å²) in [6, 6.07) is 0.617. The lowest BCUT2D eigenvalue weighted by Crippen LogP contribution is -2.32. The maximum atomic E-state index is 4.23. The van der Waals surface area contributed by atoms with E-state index in [1.54, 1.807) is 6.33 Å². The molecule has 1 aliphatic rings. The van der Waals surface area contributed by atoms with Crippen LogP contribution < -0.4 is 5.32 Å². The molecule has 1 N–H and O–H groups in total. The van der Waals surface area contributed by atoms with E-state index in [0.29, 0.717) is 11.5 Å². The lowest BCUT2D eigenvalue weighted by molar-refractivity contribution is 0.361. The molecule has 90 valence electrons. The van der Waals surface area contributed by atoms with E-state index >= 15 is 0 Å². The highest BCUT2D eigenvalue weighted by Crippen LogP contribution is 2.40. The zero-order valence-electron chi connectivity index (χ0n) is 10.7. The van der Waals surface area contributed by atoms with Gasteiger partial charge >= 0.3 is 0 Å². The summed E-state index contributed by atoms with van der Waals surface area (Å²) in [7, 11) is 1.94. The highest BCUT2D eigenvalue weighted by molar-refractivity contribution is 4.93. The predicted molar refractivity (Wildman–Crippen MR) is 63.8 cm³/mol. The summed E-state index contributed by atoms with van der Waals surface area (Å²) in [4.78, 5) is 4.23. The lowest BCUT2D eigenvalue weighted by Gasteiger charge is -2.18. The third-order valence-corrected chi connectivity index (χ3v) is 3.66. The number of nitrogens with one attached hydrogen (secondary N) is 1. The average Bonchev–Trinajstić information content (AvgIpc) is 2.67. The van der Waals surface area contributed by atoms with Gasteiger partial charge in [0.1, 0.15) is 12.2 Å². The fraction of sp³-hybridized carbons (Fsp3) is 0.833. The fourth-order valence-corrected chi connectivity index (χ4v) is 2.87. The van der Waals surface area contributed by atoms with Crippen LogP contribution in [0.25, 0.3) is 0 Å². The number of aryl methyl sites for hydroxylation is 1. The van der Waals surface area contributed by atoms with E-state index in [9.17, 15) is 0 Å². The zero-order chi connectivity index (χ0) is 11.8. The quantitative estimate of drug-likeness (QED) is 0.847. The van der Waals surface area contributed by atoms with Crippen LogP contribution in [0.3, 0.4) is 0 Å². The summed E-state index contributed by atoms with van der Waals surface area (Å²) in [5, 5.41) is 7.68. The first-order valence-corrected chi connectivity index (χ1v) is 6.04. The molecule has 0 bridgehead atoms. The Morgan fingerprint density at radius 3 is 2.75 bits per heavy atom. The molecule has 4 nitrogen and oxygen atoms in total. The molecule has 1 saturated carbocycles.